The van der Waals surface area contributed by atoms with E-state index in [0.717, 1.165) is 10.2 Å². The molecule has 1 amide bonds. The maximum Gasteiger partial charge on any atom is 0.220 e. The summed E-state index contributed by atoms with van der Waals surface area (Å²) in [4.78, 5) is 11.5. The zero-order valence-corrected chi connectivity index (χ0v) is 12.9. The molecule has 20 heavy (non-hydrogen) atoms. The van der Waals surface area contributed by atoms with E-state index in [0.29, 0.717) is 39.2 Å². The number of hydrogen-bond acceptors (Lipinski definition) is 4. The topological polar surface area (TPSA) is 67.8 Å². The number of hydrogen-bond donors (Lipinski definition) is 2. The third kappa shape index (κ3) is 8.14. The van der Waals surface area contributed by atoms with E-state index >= 15 is 0 Å². The van der Waals surface area contributed by atoms with Gasteiger partial charge in [0.15, 0.2) is 0 Å². The number of ether oxygens (including phenoxy) is 2. The Balaban J connectivity index is 2.00. The second kappa shape index (κ2) is 10.7. The van der Waals surface area contributed by atoms with Crippen molar-refractivity contribution in [1.29, 1.82) is 0 Å². The van der Waals surface area contributed by atoms with Gasteiger partial charge in [-0.15, -0.1) is 0 Å². The largest absolute Gasteiger partial charge is 0.494 e. The van der Waals surface area contributed by atoms with Gasteiger partial charge in [0.05, 0.1) is 26.4 Å². The molecule has 112 valence electrons. The highest BCUT2D eigenvalue weighted by molar-refractivity contribution is 9.10. The van der Waals surface area contributed by atoms with E-state index in [1.807, 2.05) is 24.3 Å². The molecule has 0 aliphatic rings. The monoisotopic (exact) mass is 345 g/mol. The predicted molar refractivity (Wildman–Crippen MR) is 79.8 cm³/mol. The van der Waals surface area contributed by atoms with Crippen LogP contribution in [-0.2, 0) is 9.53 Å². The molecule has 0 unspecified atom stereocenters. The smallest absolute Gasteiger partial charge is 0.220 e. The van der Waals surface area contributed by atoms with Crippen molar-refractivity contribution in [3.05, 3.63) is 28.7 Å². The Labute approximate surface area is 127 Å². The quantitative estimate of drug-likeness (QED) is 0.634. The van der Waals surface area contributed by atoms with Gasteiger partial charge in [0.1, 0.15) is 5.75 Å². The normalized spacial score (nSPS) is 10.3. The number of aliphatic hydroxyl groups is 1. The molecule has 5 nitrogen and oxygen atoms in total. The van der Waals surface area contributed by atoms with Crippen molar-refractivity contribution in [3.8, 4) is 5.75 Å². The van der Waals surface area contributed by atoms with Crippen LogP contribution in [0.2, 0.25) is 0 Å². The Morgan fingerprint density at radius 2 is 1.95 bits per heavy atom. The van der Waals surface area contributed by atoms with Crippen molar-refractivity contribution < 1.29 is 19.4 Å². The van der Waals surface area contributed by atoms with Crippen molar-refractivity contribution in [2.24, 2.45) is 0 Å². The fourth-order valence-electron chi connectivity index (χ4n) is 1.47. The molecular formula is C14H20BrNO4. The zero-order chi connectivity index (χ0) is 14.6. The highest BCUT2D eigenvalue weighted by atomic mass is 79.9. The lowest BCUT2D eigenvalue weighted by Gasteiger charge is -2.07. The number of halogens is 1. The molecule has 6 heteroatoms. The van der Waals surface area contributed by atoms with Crippen LogP contribution in [0.25, 0.3) is 0 Å². The molecule has 0 saturated heterocycles. The van der Waals surface area contributed by atoms with Gasteiger partial charge in [-0.25, -0.2) is 0 Å². The maximum atomic E-state index is 11.5. The second-order valence-corrected chi connectivity index (χ2v) is 5.01. The summed E-state index contributed by atoms with van der Waals surface area (Å²) in [7, 11) is 0. The van der Waals surface area contributed by atoms with Gasteiger partial charge < -0.3 is 19.9 Å². The molecule has 1 aromatic carbocycles. The lowest BCUT2D eigenvalue weighted by molar-refractivity contribution is -0.121. The Kier molecular flexibility index (Phi) is 9.02. The fourth-order valence-corrected chi connectivity index (χ4v) is 1.74. The number of rotatable bonds is 10. The molecule has 1 aromatic rings. The van der Waals surface area contributed by atoms with Gasteiger partial charge in [-0.05, 0) is 30.7 Å². The molecule has 2 N–H and O–H groups in total. The van der Waals surface area contributed by atoms with Crippen LogP contribution in [0.5, 0.6) is 5.75 Å². The van der Waals surface area contributed by atoms with E-state index < -0.39 is 0 Å². The van der Waals surface area contributed by atoms with E-state index in [9.17, 15) is 4.79 Å². The van der Waals surface area contributed by atoms with Crippen molar-refractivity contribution in [3.63, 3.8) is 0 Å². The van der Waals surface area contributed by atoms with Crippen LogP contribution < -0.4 is 10.1 Å². The average Bonchev–Trinajstić information content (AvgIpc) is 2.45. The van der Waals surface area contributed by atoms with Crippen LogP contribution in [0.15, 0.2) is 28.7 Å². The van der Waals surface area contributed by atoms with E-state index in [2.05, 4.69) is 21.2 Å². The van der Waals surface area contributed by atoms with E-state index in [4.69, 9.17) is 14.6 Å². The summed E-state index contributed by atoms with van der Waals surface area (Å²) in [6.45, 7) is 1.70. The van der Waals surface area contributed by atoms with Crippen LogP contribution >= 0.6 is 15.9 Å². The summed E-state index contributed by atoms with van der Waals surface area (Å²) in [5.74, 6) is 0.781. The van der Waals surface area contributed by atoms with Crippen molar-refractivity contribution in [1.82, 2.24) is 5.32 Å². The summed E-state index contributed by atoms with van der Waals surface area (Å²) in [6.07, 6.45) is 1.09. The Morgan fingerprint density at radius 3 is 2.65 bits per heavy atom. The summed E-state index contributed by atoms with van der Waals surface area (Å²) < 4.78 is 11.6. The zero-order valence-electron chi connectivity index (χ0n) is 11.3. The minimum atomic E-state index is -0.0167. The third-order valence-electron chi connectivity index (χ3n) is 2.43. The first-order valence-electron chi connectivity index (χ1n) is 6.56. The molecule has 0 aliphatic carbocycles. The highest BCUT2D eigenvalue weighted by Gasteiger charge is 2.01. The standard InChI is InChI=1S/C14H20BrNO4/c15-12-3-5-13(6-4-12)20-9-1-2-14(18)16-7-10-19-11-8-17/h3-6,17H,1-2,7-11H2,(H,16,18). The van der Waals surface area contributed by atoms with Crippen LogP contribution in [-0.4, -0.2) is 44.0 Å². The van der Waals surface area contributed by atoms with Crippen molar-refractivity contribution in [2.75, 3.05) is 33.0 Å². The Hall–Kier alpha value is -1.11. The van der Waals surface area contributed by atoms with Crippen molar-refractivity contribution >= 4 is 21.8 Å². The lowest BCUT2D eigenvalue weighted by Crippen LogP contribution is -2.27. The van der Waals surface area contributed by atoms with Gasteiger partial charge in [0.2, 0.25) is 5.91 Å². The third-order valence-corrected chi connectivity index (χ3v) is 2.96. The second-order valence-electron chi connectivity index (χ2n) is 4.09. The summed E-state index contributed by atoms with van der Waals surface area (Å²) in [5, 5.41) is 11.2. The Morgan fingerprint density at radius 1 is 1.20 bits per heavy atom. The first kappa shape index (κ1) is 16.9. The molecule has 0 fully saturated rings. The number of nitrogens with one attached hydrogen (secondary N) is 1. The molecule has 0 radical (unpaired) electrons. The summed E-state index contributed by atoms with van der Waals surface area (Å²) in [6, 6.07) is 7.58. The highest BCUT2D eigenvalue weighted by Crippen LogP contribution is 2.16. The van der Waals surface area contributed by atoms with E-state index in [1.165, 1.54) is 0 Å². The summed E-state index contributed by atoms with van der Waals surface area (Å²) in [5.41, 5.74) is 0. The fraction of sp³-hybridized carbons (Fsp3) is 0.500. The first-order valence-corrected chi connectivity index (χ1v) is 7.35. The van der Waals surface area contributed by atoms with Crippen molar-refractivity contribution in [2.45, 2.75) is 12.8 Å². The van der Waals surface area contributed by atoms with E-state index in [1.54, 1.807) is 0 Å². The average molecular weight is 346 g/mol. The van der Waals surface area contributed by atoms with Gasteiger partial charge in [-0.1, -0.05) is 15.9 Å². The minimum Gasteiger partial charge on any atom is -0.494 e. The molecule has 0 aliphatic heterocycles. The number of carbonyl (C=O) groups is 1. The summed E-state index contributed by atoms with van der Waals surface area (Å²) >= 11 is 3.35. The molecule has 0 saturated carbocycles. The molecule has 0 bridgehead atoms. The maximum absolute atomic E-state index is 11.5. The van der Waals surface area contributed by atoms with Gasteiger partial charge in [0.25, 0.3) is 0 Å². The number of carbonyl (C=O) groups excluding carboxylic acids is 1. The predicted octanol–water partition coefficient (Wildman–Crippen LogP) is 1.73. The van der Waals surface area contributed by atoms with E-state index in [-0.39, 0.29) is 12.5 Å². The molecule has 0 heterocycles. The number of amides is 1. The Bertz CT molecular complexity index is 383. The van der Waals surface area contributed by atoms with Crippen LogP contribution in [0.1, 0.15) is 12.8 Å². The number of benzene rings is 1. The van der Waals surface area contributed by atoms with Crippen LogP contribution in [0.4, 0.5) is 0 Å². The van der Waals surface area contributed by atoms with Crippen LogP contribution in [0, 0.1) is 0 Å². The molecule has 0 atom stereocenters. The lowest BCUT2D eigenvalue weighted by atomic mass is 10.3. The molecule has 0 aromatic heterocycles. The van der Waals surface area contributed by atoms with Gasteiger partial charge >= 0.3 is 0 Å². The first-order chi connectivity index (χ1) is 9.72. The SMILES string of the molecule is O=C(CCCOc1ccc(Br)cc1)NCCOCCO. The van der Waals surface area contributed by atoms with Gasteiger partial charge in [-0.2, -0.15) is 0 Å². The molecule has 1 rings (SSSR count). The van der Waals surface area contributed by atoms with Crippen LogP contribution in [0.3, 0.4) is 0 Å². The molecular weight excluding hydrogens is 326 g/mol. The molecule has 0 spiro atoms. The van der Waals surface area contributed by atoms with Gasteiger partial charge in [0, 0.05) is 17.4 Å². The van der Waals surface area contributed by atoms with Gasteiger partial charge in [-0.3, -0.25) is 4.79 Å². The number of aliphatic hydroxyl groups excluding tert-OH is 1. The minimum absolute atomic E-state index is 0.00133.